The van der Waals surface area contributed by atoms with Crippen molar-refractivity contribution in [3.63, 3.8) is 0 Å². The van der Waals surface area contributed by atoms with Crippen LogP contribution in [0, 0.1) is 11.9 Å². The van der Waals surface area contributed by atoms with Crippen LogP contribution in [0.15, 0.2) is 66.3 Å². The second-order valence-electron chi connectivity index (χ2n) is 10.9. The summed E-state index contributed by atoms with van der Waals surface area (Å²) >= 11 is 1.43. The Labute approximate surface area is 242 Å². The molecule has 5 heterocycles. The van der Waals surface area contributed by atoms with Gasteiger partial charge in [0.2, 0.25) is 11.9 Å². The Morgan fingerprint density at radius 1 is 1.12 bits per heavy atom. The van der Waals surface area contributed by atoms with Gasteiger partial charge in [-0.15, -0.1) is 11.3 Å². The summed E-state index contributed by atoms with van der Waals surface area (Å²) < 4.78 is 15.3. The largest absolute Gasteiger partial charge is 0.363 e. The number of halogens is 1. The molecule has 6 rings (SSSR count). The molecule has 2 fully saturated rings. The number of aryl methyl sites for hydroxylation is 1. The highest BCUT2D eigenvalue weighted by atomic mass is 32.1. The summed E-state index contributed by atoms with van der Waals surface area (Å²) in [5, 5.41) is 5.55. The van der Waals surface area contributed by atoms with E-state index >= 15 is 0 Å². The number of anilines is 2. The number of carbonyl (C=O) groups is 2. The Hall–Kier alpha value is -4.05. The molecule has 0 aliphatic carbocycles. The third-order valence-electron chi connectivity index (χ3n) is 8.05. The van der Waals surface area contributed by atoms with Gasteiger partial charge in [0.05, 0.1) is 11.7 Å². The fourth-order valence-electron chi connectivity index (χ4n) is 5.77. The average molecular weight is 573 g/mol. The molecular formula is C31H33FN6O2S. The van der Waals surface area contributed by atoms with Crippen LogP contribution in [0.4, 0.5) is 15.2 Å². The maximum Gasteiger partial charge on any atom is 0.274 e. The zero-order valence-electron chi connectivity index (χ0n) is 23.0. The smallest absolute Gasteiger partial charge is 0.274 e. The SMILES string of the molecule is CC(=O)N1CC(CCc2ccc(N3CCCC3c3csc(NC(=O)c4cccn4Cc4ccnc(F)c4)n3)cc2)C1. The summed E-state index contributed by atoms with van der Waals surface area (Å²) in [6.45, 7) is 4.75. The van der Waals surface area contributed by atoms with Crippen LogP contribution >= 0.6 is 11.3 Å². The lowest BCUT2D eigenvalue weighted by Crippen LogP contribution is -2.49. The highest BCUT2D eigenvalue weighted by Crippen LogP contribution is 2.37. The van der Waals surface area contributed by atoms with Crippen molar-refractivity contribution >= 4 is 34.0 Å². The Bertz CT molecular complexity index is 1530. The standard InChI is InChI=1S/C31H33FN6O2S/c1-21(39)37-18-24(19-37)7-6-22-8-10-25(11-9-22)38-15-3-4-27(38)26-20-41-31(34-26)35-30(40)28-5-2-14-36(28)17-23-12-13-33-29(32)16-23/h2,5,8-14,16,20,24,27H,3-4,6-7,15,17-19H2,1H3,(H,34,35,40). The normalized spacial score (nSPS) is 17.1. The monoisotopic (exact) mass is 572 g/mol. The van der Waals surface area contributed by atoms with Gasteiger partial charge in [0.15, 0.2) is 5.13 Å². The lowest BCUT2D eigenvalue weighted by molar-refractivity contribution is -0.135. The van der Waals surface area contributed by atoms with E-state index in [4.69, 9.17) is 4.98 Å². The molecule has 2 aliphatic heterocycles. The molecule has 0 bridgehead atoms. The number of nitrogens with one attached hydrogen (secondary N) is 1. The summed E-state index contributed by atoms with van der Waals surface area (Å²) in [6, 6.07) is 15.7. The molecule has 4 aromatic rings. The minimum absolute atomic E-state index is 0.167. The maximum absolute atomic E-state index is 13.5. The number of nitrogens with zero attached hydrogens (tertiary/aromatic N) is 5. The summed E-state index contributed by atoms with van der Waals surface area (Å²) in [6.07, 6.45) is 7.46. The van der Waals surface area contributed by atoms with Gasteiger partial charge in [-0.2, -0.15) is 4.39 Å². The highest BCUT2D eigenvalue weighted by Gasteiger charge is 2.29. The van der Waals surface area contributed by atoms with E-state index in [1.807, 2.05) is 10.3 Å². The first-order valence-electron chi connectivity index (χ1n) is 14.1. The number of aromatic nitrogens is 3. The molecule has 0 radical (unpaired) electrons. The van der Waals surface area contributed by atoms with Crippen molar-refractivity contribution in [3.8, 4) is 0 Å². The van der Waals surface area contributed by atoms with Crippen LogP contribution in [-0.4, -0.2) is 50.9 Å². The summed E-state index contributed by atoms with van der Waals surface area (Å²) in [5.74, 6) is -0.0113. The van der Waals surface area contributed by atoms with E-state index in [-0.39, 0.29) is 17.9 Å². The number of pyridine rings is 1. The van der Waals surface area contributed by atoms with Gasteiger partial charge in [0.25, 0.3) is 5.91 Å². The van der Waals surface area contributed by atoms with Crippen LogP contribution in [0.3, 0.4) is 0 Å². The molecule has 0 spiro atoms. The molecule has 2 aliphatic rings. The molecule has 2 amide bonds. The van der Waals surface area contributed by atoms with Crippen LogP contribution < -0.4 is 10.2 Å². The molecule has 1 atom stereocenters. The van der Waals surface area contributed by atoms with E-state index in [9.17, 15) is 14.0 Å². The first kappa shape index (κ1) is 27.1. The molecule has 10 heteroatoms. The molecule has 1 aromatic carbocycles. The van der Waals surface area contributed by atoms with Crippen molar-refractivity contribution in [3.05, 3.63) is 94.8 Å². The number of likely N-dealkylation sites (tertiary alicyclic amines) is 1. The maximum atomic E-state index is 13.5. The number of rotatable bonds is 9. The number of benzene rings is 1. The number of amides is 2. The molecule has 0 saturated carbocycles. The zero-order chi connectivity index (χ0) is 28.3. The Kier molecular flexibility index (Phi) is 7.82. The first-order valence-corrected chi connectivity index (χ1v) is 14.9. The van der Waals surface area contributed by atoms with Crippen LogP contribution in [0.1, 0.15) is 59.5 Å². The summed E-state index contributed by atoms with van der Waals surface area (Å²) in [4.78, 5) is 37.2. The van der Waals surface area contributed by atoms with Gasteiger partial charge >= 0.3 is 0 Å². The minimum atomic E-state index is -0.542. The molecule has 1 N–H and O–H groups in total. The summed E-state index contributed by atoms with van der Waals surface area (Å²) in [5.41, 5.74) is 4.69. The van der Waals surface area contributed by atoms with Gasteiger partial charge in [-0.25, -0.2) is 9.97 Å². The Morgan fingerprint density at radius 3 is 2.73 bits per heavy atom. The first-order chi connectivity index (χ1) is 19.9. The van der Waals surface area contributed by atoms with Gasteiger partial charge in [0.1, 0.15) is 5.69 Å². The molecule has 1 unspecified atom stereocenters. The Morgan fingerprint density at radius 2 is 1.95 bits per heavy atom. The number of hydrogen-bond donors (Lipinski definition) is 1. The fourth-order valence-corrected chi connectivity index (χ4v) is 6.52. The molecule has 41 heavy (non-hydrogen) atoms. The predicted molar refractivity (Wildman–Crippen MR) is 158 cm³/mol. The van der Waals surface area contributed by atoms with E-state index in [1.54, 1.807) is 35.9 Å². The number of hydrogen-bond acceptors (Lipinski definition) is 6. The fraction of sp³-hybridized carbons (Fsp3) is 0.355. The quantitative estimate of drug-likeness (QED) is 0.267. The highest BCUT2D eigenvalue weighted by molar-refractivity contribution is 7.14. The van der Waals surface area contributed by atoms with Gasteiger partial charge in [-0.1, -0.05) is 12.1 Å². The van der Waals surface area contributed by atoms with E-state index < -0.39 is 5.95 Å². The van der Waals surface area contributed by atoms with E-state index in [0.29, 0.717) is 23.3 Å². The van der Waals surface area contributed by atoms with Crippen molar-refractivity contribution < 1.29 is 14.0 Å². The molecule has 2 saturated heterocycles. The van der Waals surface area contributed by atoms with Crippen LogP contribution in [-0.2, 0) is 17.8 Å². The number of carbonyl (C=O) groups excluding carboxylic acids is 2. The predicted octanol–water partition coefficient (Wildman–Crippen LogP) is 5.53. The third kappa shape index (κ3) is 6.17. The van der Waals surface area contributed by atoms with Gasteiger partial charge in [-0.05, 0) is 79.1 Å². The van der Waals surface area contributed by atoms with E-state index in [2.05, 4.69) is 39.5 Å². The van der Waals surface area contributed by atoms with Gasteiger partial charge < -0.3 is 14.4 Å². The lowest BCUT2D eigenvalue weighted by Gasteiger charge is -2.38. The molecule has 212 valence electrons. The topological polar surface area (TPSA) is 83.4 Å². The average Bonchev–Trinajstić information content (AvgIpc) is 3.69. The molecular weight excluding hydrogens is 539 g/mol. The molecule has 3 aromatic heterocycles. The van der Waals surface area contributed by atoms with Crippen molar-refractivity contribution in [2.75, 3.05) is 29.9 Å². The third-order valence-corrected chi connectivity index (χ3v) is 8.83. The van der Waals surface area contributed by atoms with Crippen molar-refractivity contribution in [2.24, 2.45) is 5.92 Å². The lowest BCUT2D eigenvalue weighted by atomic mass is 9.92. The van der Waals surface area contributed by atoms with Crippen LogP contribution in [0.2, 0.25) is 0 Å². The van der Waals surface area contributed by atoms with Crippen LogP contribution in [0.25, 0.3) is 0 Å². The van der Waals surface area contributed by atoms with E-state index in [1.165, 1.54) is 34.9 Å². The second-order valence-corrected chi connectivity index (χ2v) is 11.7. The van der Waals surface area contributed by atoms with E-state index in [0.717, 1.165) is 56.6 Å². The molecule has 8 nitrogen and oxygen atoms in total. The summed E-state index contributed by atoms with van der Waals surface area (Å²) in [7, 11) is 0. The zero-order valence-corrected chi connectivity index (χ0v) is 23.8. The van der Waals surface area contributed by atoms with Crippen molar-refractivity contribution in [1.29, 1.82) is 0 Å². The van der Waals surface area contributed by atoms with Crippen LogP contribution in [0.5, 0.6) is 0 Å². The van der Waals surface area contributed by atoms with Crippen molar-refractivity contribution in [2.45, 2.75) is 45.2 Å². The number of thiazole rings is 1. The van der Waals surface area contributed by atoms with Gasteiger partial charge in [-0.3, -0.25) is 14.9 Å². The second kappa shape index (κ2) is 11.8. The van der Waals surface area contributed by atoms with Crippen molar-refractivity contribution in [1.82, 2.24) is 19.4 Å². The minimum Gasteiger partial charge on any atom is -0.363 e. The van der Waals surface area contributed by atoms with Gasteiger partial charge in [0, 0.05) is 56.6 Å². The Balaban J connectivity index is 1.06.